The zero-order valence-electron chi connectivity index (χ0n) is 16.6. The first-order valence-corrected chi connectivity index (χ1v) is 10.5. The fraction of sp³-hybridized carbons (Fsp3) is 0.286. The molecule has 29 heavy (non-hydrogen) atoms. The Hall–Kier alpha value is -2.51. The summed E-state index contributed by atoms with van der Waals surface area (Å²) >= 11 is 7.23. The summed E-state index contributed by atoms with van der Waals surface area (Å²) < 4.78 is 7.56. The Kier molecular flexibility index (Phi) is 7.17. The minimum absolute atomic E-state index is 0.00452. The second kappa shape index (κ2) is 9.80. The van der Waals surface area contributed by atoms with Crippen LogP contribution >= 0.6 is 23.4 Å². The summed E-state index contributed by atoms with van der Waals surface area (Å²) in [7, 11) is 1.77. The SMILES string of the molecule is Cc1ccc(-n2cnnc2SCC(=O)N(C)CCOc2ccc(Cl)cc2)c(C)c1. The number of aromatic nitrogens is 3. The molecule has 0 saturated carbocycles. The second-order valence-corrected chi connectivity index (χ2v) is 8.06. The van der Waals surface area contributed by atoms with Crippen molar-refractivity contribution in [3.63, 3.8) is 0 Å². The van der Waals surface area contributed by atoms with Gasteiger partial charge in [0.05, 0.1) is 18.0 Å². The number of ether oxygens (including phenoxy) is 1. The molecule has 6 nitrogen and oxygen atoms in total. The zero-order valence-corrected chi connectivity index (χ0v) is 18.2. The monoisotopic (exact) mass is 430 g/mol. The molecule has 3 aromatic rings. The normalized spacial score (nSPS) is 10.8. The molecule has 0 spiro atoms. The van der Waals surface area contributed by atoms with Crippen LogP contribution in [-0.4, -0.2) is 51.5 Å². The molecule has 8 heteroatoms. The van der Waals surface area contributed by atoms with Gasteiger partial charge < -0.3 is 9.64 Å². The molecule has 0 aliphatic carbocycles. The molecule has 0 unspecified atom stereocenters. The smallest absolute Gasteiger partial charge is 0.232 e. The predicted octanol–water partition coefficient (Wildman–Crippen LogP) is 4.17. The average molecular weight is 431 g/mol. The van der Waals surface area contributed by atoms with Gasteiger partial charge in [-0.1, -0.05) is 41.1 Å². The van der Waals surface area contributed by atoms with Crippen LogP contribution in [0.2, 0.25) is 5.02 Å². The quantitative estimate of drug-likeness (QED) is 0.502. The summed E-state index contributed by atoms with van der Waals surface area (Å²) in [6.45, 7) is 5.01. The molecule has 1 amide bonds. The number of carbonyl (C=O) groups excluding carboxylic acids is 1. The molecule has 1 aromatic heterocycles. The van der Waals surface area contributed by atoms with Gasteiger partial charge in [0.1, 0.15) is 18.7 Å². The lowest BCUT2D eigenvalue weighted by molar-refractivity contribution is -0.127. The van der Waals surface area contributed by atoms with E-state index in [1.165, 1.54) is 17.3 Å². The first-order valence-electron chi connectivity index (χ1n) is 9.17. The van der Waals surface area contributed by atoms with Crippen LogP contribution in [0.15, 0.2) is 53.9 Å². The van der Waals surface area contributed by atoms with Gasteiger partial charge in [-0.3, -0.25) is 9.36 Å². The maximum Gasteiger partial charge on any atom is 0.232 e. The van der Waals surface area contributed by atoms with Gasteiger partial charge in [-0.05, 0) is 49.7 Å². The predicted molar refractivity (Wildman–Crippen MR) is 116 cm³/mol. The van der Waals surface area contributed by atoms with Crippen LogP contribution in [0.1, 0.15) is 11.1 Å². The summed E-state index contributed by atoms with van der Waals surface area (Å²) in [5.74, 6) is 1.01. The molecule has 0 radical (unpaired) electrons. The molecule has 0 atom stereocenters. The molecule has 0 N–H and O–H groups in total. The topological polar surface area (TPSA) is 60.2 Å². The molecule has 0 aliphatic rings. The van der Waals surface area contributed by atoms with Crippen molar-refractivity contribution in [2.45, 2.75) is 19.0 Å². The van der Waals surface area contributed by atoms with Gasteiger partial charge in [0.2, 0.25) is 5.91 Å². The van der Waals surface area contributed by atoms with E-state index >= 15 is 0 Å². The van der Waals surface area contributed by atoms with Crippen molar-refractivity contribution in [3.8, 4) is 11.4 Å². The Bertz CT molecular complexity index is 975. The van der Waals surface area contributed by atoms with Crippen LogP contribution in [-0.2, 0) is 4.79 Å². The molecule has 152 valence electrons. The Morgan fingerprint density at radius 1 is 1.21 bits per heavy atom. The van der Waals surface area contributed by atoms with Crippen molar-refractivity contribution in [1.82, 2.24) is 19.7 Å². The van der Waals surface area contributed by atoms with Crippen molar-refractivity contribution in [2.75, 3.05) is 26.0 Å². The Morgan fingerprint density at radius 2 is 1.97 bits per heavy atom. The molecule has 3 rings (SSSR count). The molecule has 0 saturated heterocycles. The van der Waals surface area contributed by atoms with Crippen LogP contribution in [0, 0.1) is 13.8 Å². The van der Waals surface area contributed by atoms with Gasteiger partial charge in [-0.15, -0.1) is 10.2 Å². The highest BCUT2D eigenvalue weighted by molar-refractivity contribution is 7.99. The number of hydrogen-bond acceptors (Lipinski definition) is 5. The Balaban J connectivity index is 1.51. The summed E-state index contributed by atoms with van der Waals surface area (Å²) in [5.41, 5.74) is 3.35. The molecule has 2 aromatic carbocycles. The van der Waals surface area contributed by atoms with E-state index in [0.717, 1.165) is 17.0 Å². The number of amides is 1. The number of nitrogens with zero attached hydrogens (tertiary/aromatic N) is 4. The standard InChI is InChI=1S/C21H23ClN4O2S/c1-15-4-9-19(16(2)12-15)26-14-23-24-21(26)29-13-20(27)25(3)10-11-28-18-7-5-17(22)6-8-18/h4-9,12,14H,10-11,13H2,1-3H3. The Morgan fingerprint density at radius 3 is 2.69 bits per heavy atom. The van der Waals surface area contributed by atoms with Crippen LogP contribution in [0.5, 0.6) is 5.75 Å². The number of carbonyl (C=O) groups is 1. The highest BCUT2D eigenvalue weighted by atomic mass is 35.5. The molecular formula is C21H23ClN4O2S. The number of thioether (sulfide) groups is 1. The van der Waals surface area contributed by atoms with E-state index < -0.39 is 0 Å². The highest BCUT2D eigenvalue weighted by Gasteiger charge is 2.14. The number of aryl methyl sites for hydroxylation is 2. The summed E-state index contributed by atoms with van der Waals surface area (Å²) in [6.07, 6.45) is 1.67. The third-order valence-corrected chi connectivity index (χ3v) is 5.57. The summed E-state index contributed by atoms with van der Waals surface area (Å²) in [6, 6.07) is 13.4. The van der Waals surface area contributed by atoms with Gasteiger partial charge in [0.15, 0.2) is 5.16 Å². The first-order chi connectivity index (χ1) is 13.9. The number of likely N-dealkylation sites (N-methyl/N-ethyl adjacent to an activating group) is 1. The fourth-order valence-corrected chi connectivity index (χ4v) is 3.74. The third kappa shape index (κ3) is 5.74. The number of benzene rings is 2. The fourth-order valence-electron chi connectivity index (χ4n) is 2.76. The van der Waals surface area contributed by atoms with Gasteiger partial charge in [-0.2, -0.15) is 0 Å². The number of halogens is 1. The van der Waals surface area contributed by atoms with Crippen LogP contribution in [0.25, 0.3) is 5.69 Å². The van der Waals surface area contributed by atoms with E-state index in [4.69, 9.17) is 16.3 Å². The number of rotatable bonds is 8. The lowest BCUT2D eigenvalue weighted by atomic mass is 10.1. The minimum atomic E-state index is 0.00452. The van der Waals surface area contributed by atoms with E-state index in [1.54, 1.807) is 42.5 Å². The van der Waals surface area contributed by atoms with Crippen molar-refractivity contribution < 1.29 is 9.53 Å². The minimum Gasteiger partial charge on any atom is -0.492 e. The number of hydrogen-bond donors (Lipinski definition) is 0. The van der Waals surface area contributed by atoms with Crippen LogP contribution in [0.3, 0.4) is 0 Å². The van der Waals surface area contributed by atoms with E-state index in [1.807, 2.05) is 10.6 Å². The first kappa shape index (κ1) is 21.2. The maximum absolute atomic E-state index is 12.5. The van der Waals surface area contributed by atoms with Crippen molar-refractivity contribution in [2.24, 2.45) is 0 Å². The van der Waals surface area contributed by atoms with Gasteiger partial charge in [-0.25, -0.2) is 0 Å². The molecular weight excluding hydrogens is 408 g/mol. The average Bonchev–Trinajstić information content (AvgIpc) is 3.15. The van der Waals surface area contributed by atoms with Crippen molar-refractivity contribution in [3.05, 3.63) is 64.9 Å². The van der Waals surface area contributed by atoms with E-state index in [-0.39, 0.29) is 11.7 Å². The maximum atomic E-state index is 12.5. The lowest BCUT2D eigenvalue weighted by Gasteiger charge is -2.17. The molecule has 1 heterocycles. The van der Waals surface area contributed by atoms with Crippen molar-refractivity contribution in [1.29, 1.82) is 0 Å². The Labute approximate surface area is 179 Å². The molecule has 0 fully saturated rings. The molecule has 0 bridgehead atoms. The van der Waals surface area contributed by atoms with Gasteiger partial charge >= 0.3 is 0 Å². The van der Waals surface area contributed by atoms with E-state index in [2.05, 4.69) is 36.2 Å². The van der Waals surface area contributed by atoms with E-state index in [0.29, 0.717) is 23.3 Å². The summed E-state index contributed by atoms with van der Waals surface area (Å²) in [4.78, 5) is 14.1. The highest BCUT2D eigenvalue weighted by Crippen LogP contribution is 2.23. The van der Waals surface area contributed by atoms with Gasteiger partial charge in [0, 0.05) is 12.1 Å². The second-order valence-electron chi connectivity index (χ2n) is 6.68. The third-order valence-electron chi connectivity index (χ3n) is 4.39. The largest absolute Gasteiger partial charge is 0.492 e. The van der Waals surface area contributed by atoms with E-state index in [9.17, 15) is 4.79 Å². The van der Waals surface area contributed by atoms with Crippen molar-refractivity contribution >= 4 is 29.3 Å². The summed E-state index contributed by atoms with van der Waals surface area (Å²) in [5, 5.41) is 9.53. The van der Waals surface area contributed by atoms with Crippen LogP contribution in [0.4, 0.5) is 0 Å². The zero-order chi connectivity index (χ0) is 20.8. The lowest BCUT2D eigenvalue weighted by Crippen LogP contribution is -2.32. The van der Waals surface area contributed by atoms with Gasteiger partial charge in [0.25, 0.3) is 0 Å². The molecule has 0 aliphatic heterocycles. The van der Waals surface area contributed by atoms with Crippen LogP contribution < -0.4 is 4.74 Å².